The van der Waals surface area contributed by atoms with Gasteiger partial charge in [-0.3, -0.25) is 0 Å². The van der Waals surface area contributed by atoms with Crippen LogP contribution in [0.15, 0.2) is 71.3 Å². The lowest BCUT2D eigenvalue weighted by Crippen LogP contribution is -2.26. The summed E-state index contributed by atoms with van der Waals surface area (Å²) in [7, 11) is 0. The molecule has 1 aliphatic rings. The molecule has 0 spiro atoms. The quantitative estimate of drug-likeness (QED) is 0.373. The van der Waals surface area contributed by atoms with Gasteiger partial charge in [0.1, 0.15) is 22.7 Å². The van der Waals surface area contributed by atoms with Crippen molar-refractivity contribution in [3.05, 3.63) is 88.2 Å². The molecular weight excluding hydrogens is 444 g/mol. The van der Waals surface area contributed by atoms with Crippen LogP contribution in [-0.4, -0.2) is 29.3 Å². The fraction of sp³-hybridized carbons (Fsp3) is 0.167. The van der Waals surface area contributed by atoms with Crippen molar-refractivity contribution in [2.45, 2.75) is 12.3 Å². The van der Waals surface area contributed by atoms with E-state index in [1.807, 2.05) is 30.3 Å². The summed E-state index contributed by atoms with van der Waals surface area (Å²) >= 11 is 3.27. The van der Waals surface area contributed by atoms with Gasteiger partial charge in [-0.1, -0.05) is 54.6 Å². The smallest absolute Gasteiger partial charge is 0.407 e. The zero-order valence-corrected chi connectivity index (χ0v) is 17.8. The number of hydrogen-bond acceptors (Lipinski definition) is 4. The van der Waals surface area contributed by atoms with Gasteiger partial charge in [0, 0.05) is 12.5 Å². The molecule has 0 bridgehead atoms. The van der Waals surface area contributed by atoms with Crippen molar-refractivity contribution < 1.29 is 14.6 Å². The molecule has 2 N–H and O–H groups in total. The number of carbonyl (C=O) groups excluding carboxylic acids is 1. The Kier molecular flexibility index (Phi) is 6.14. The van der Waals surface area contributed by atoms with Crippen molar-refractivity contribution in [2.24, 2.45) is 0 Å². The molecule has 0 saturated carbocycles. The number of alkyl carbamates (subject to hydrolysis) is 1. The maximum Gasteiger partial charge on any atom is 0.407 e. The monoisotopic (exact) mass is 464 g/mol. The summed E-state index contributed by atoms with van der Waals surface area (Å²) in [5.74, 6) is 0.160. The predicted octanol–water partition coefficient (Wildman–Crippen LogP) is 5.49. The Morgan fingerprint density at radius 1 is 1.07 bits per heavy atom. The number of ether oxygens (including phenoxy) is 1. The Hall–Kier alpha value is -3.12. The Labute approximate surface area is 183 Å². The van der Waals surface area contributed by atoms with Crippen molar-refractivity contribution in [3.63, 3.8) is 0 Å². The summed E-state index contributed by atoms with van der Waals surface area (Å²) in [6.45, 7) is 0.730. The summed E-state index contributed by atoms with van der Waals surface area (Å²) < 4.78 is 6.16. The minimum atomic E-state index is -0.436. The number of nitrogens with zero attached hydrogens (tertiary/aromatic N) is 1. The fourth-order valence-electron chi connectivity index (χ4n) is 3.67. The van der Waals surface area contributed by atoms with Crippen molar-refractivity contribution in [3.8, 4) is 16.9 Å². The molecule has 30 heavy (non-hydrogen) atoms. The number of aromatic hydroxyl groups is 1. The summed E-state index contributed by atoms with van der Waals surface area (Å²) in [5.41, 5.74) is 5.27. The first kappa shape index (κ1) is 20.2. The number of halogens is 1. The molecule has 0 atom stereocenters. The lowest BCUT2D eigenvalue weighted by molar-refractivity contribution is 0.143. The maximum absolute atomic E-state index is 12.1. The number of pyridine rings is 1. The highest BCUT2D eigenvalue weighted by Crippen LogP contribution is 2.44. The number of rotatable bonds is 6. The maximum atomic E-state index is 12.1. The molecule has 1 amide bonds. The molecule has 0 unspecified atom stereocenters. The van der Waals surface area contributed by atoms with Gasteiger partial charge in [-0.2, -0.15) is 0 Å². The topological polar surface area (TPSA) is 71.5 Å². The molecule has 1 heterocycles. The normalized spacial score (nSPS) is 12.6. The molecule has 1 aliphatic carbocycles. The summed E-state index contributed by atoms with van der Waals surface area (Å²) in [6, 6.07) is 19.7. The van der Waals surface area contributed by atoms with Crippen LogP contribution >= 0.6 is 15.9 Å². The van der Waals surface area contributed by atoms with Gasteiger partial charge in [0.25, 0.3) is 0 Å². The number of hydrogen-bond donors (Lipinski definition) is 2. The van der Waals surface area contributed by atoms with Crippen LogP contribution in [0.1, 0.15) is 29.2 Å². The summed E-state index contributed by atoms with van der Waals surface area (Å²) in [5, 5.41) is 12.5. The van der Waals surface area contributed by atoms with Gasteiger partial charge >= 0.3 is 6.09 Å². The largest absolute Gasteiger partial charge is 0.506 e. The summed E-state index contributed by atoms with van der Waals surface area (Å²) in [6.07, 6.45) is 3.73. The lowest BCUT2D eigenvalue weighted by Gasteiger charge is -2.14. The molecule has 1 aromatic heterocycles. The number of benzene rings is 2. The fourth-order valence-corrected chi connectivity index (χ4v) is 3.99. The Balaban J connectivity index is 1.28. The van der Waals surface area contributed by atoms with E-state index in [2.05, 4.69) is 50.5 Å². The van der Waals surface area contributed by atoms with Crippen LogP contribution in [0.25, 0.3) is 17.2 Å². The van der Waals surface area contributed by atoms with E-state index in [0.29, 0.717) is 29.9 Å². The second-order valence-corrected chi connectivity index (χ2v) is 7.79. The molecule has 0 aliphatic heterocycles. The zero-order valence-electron chi connectivity index (χ0n) is 16.2. The molecular formula is C24H21BrN2O3. The van der Waals surface area contributed by atoms with Crippen LogP contribution in [0.3, 0.4) is 0 Å². The molecule has 6 heteroatoms. The molecule has 0 saturated heterocycles. The Morgan fingerprint density at radius 2 is 1.73 bits per heavy atom. The third-order valence-corrected chi connectivity index (χ3v) is 5.51. The first-order valence-corrected chi connectivity index (χ1v) is 10.5. The van der Waals surface area contributed by atoms with E-state index in [-0.39, 0.29) is 11.7 Å². The number of nitrogens with one attached hydrogen (secondary N) is 1. The molecule has 152 valence electrons. The molecule has 4 rings (SSSR count). The number of fused-ring (bicyclic) bond motifs is 3. The second-order valence-electron chi connectivity index (χ2n) is 6.98. The van der Waals surface area contributed by atoms with Gasteiger partial charge in [-0.25, -0.2) is 9.78 Å². The van der Waals surface area contributed by atoms with Crippen molar-refractivity contribution in [2.75, 3.05) is 13.2 Å². The van der Waals surface area contributed by atoms with Gasteiger partial charge in [-0.15, -0.1) is 0 Å². The van der Waals surface area contributed by atoms with Crippen LogP contribution in [0.5, 0.6) is 5.75 Å². The number of aromatic nitrogens is 1. The van der Waals surface area contributed by atoms with E-state index in [1.54, 1.807) is 18.2 Å². The van der Waals surface area contributed by atoms with Crippen LogP contribution < -0.4 is 5.32 Å². The summed E-state index contributed by atoms with van der Waals surface area (Å²) in [4.78, 5) is 16.3. The Bertz CT molecular complexity index is 1050. The minimum Gasteiger partial charge on any atom is -0.506 e. The van der Waals surface area contributed by atoms with E-state index in [0.717, 1.165) is 0 Å². The van der Waals surface area contributed by atoms with E-state index in [1.165, 1.54) is 22.3 Å². The Morgan fingerprint density at radius 3 is 2.43 bits per heavy atom. The average molecular weight is 465 g/mol. The van der Waals surface area contributed by atoms with E-state index < -0.39 is 6.09 Å². The van der Waals surface area contributed by atoms with E-state index >= 15 is 0 Å². The third kappa shape index (κ3) is 4.39. The van der Waals surface area contributed by atoms with Crippen molar-refractivity contribution >= 4 is 28.1 Å². The van der Waals surface area contributed by atoms with Crippen LogP contribution in [-0.2, 0) is 4.74 Å². The highest BCUT2D eigenvalue weighted by molar-refractivity contribution is 9.10. The predicted molar refractivity (Wildman–Crippen MR) is 120 cm³/mol. The molecule has 0 radical (unpaired) electrons. The highest BCUT2D eigenvalue weighted by atomic mass is 79.9. The first-order chi connectivity index (χ1) is 14.6. The average Bonchev–Trinajstić information content (AvgIpc) is 3.08. The number of carbonyl (C=O) groups is 1. The van der Waals surface area contributed by atoms with E-state index in [9.17, 15) is 9.90 Å². The van der Waals surface area contributed by atoms with Crippen molar-refractivity contribution in [1.29, 1.82) is 0 Å². The van der Waals surface area contributed by atoms with Crippen LogP contribution in [0.4, 0.5) is 4.79 Å². The lowest BCUT2D eigenvalue weighted by atomic mass is 9.98. The molecule has 5 nitrogen and oxygen atoms in total. The highest BCUT2D eigenvalue weighted by Gasteiger charge is 2.28. The standard InChI is InChI=1S/C24H21BrN2O3/c25-23-13-12-22(28)21(27-23)11-5-6-14-26-24(29)30-15-20-18-9-3-1-7-16(18)17-8-2-4-10-19(17)20/h1-5,7-13,20,28H,6,14-15H2,(H,26,29). The van der Waals surface area contributed by atoms with Crippen LogP contribution in [0.2, 0.25) is 0 Å². The SMILES string of the molecule is O=C(NCCC=Cc1nc(Br)ccc1O)OCC1c2ccccc2-c2ccccc21. The van der Waals surface area contributed by atoms with Gasteiger partial charge in [0.15, 0.2) is 0 Å². The number of amides is 1. The van der Waals surface area contributed by atoms with Crippen LogP contribution in [0, 0.1) is 0 Å². The van der Waals surface area contributed by atoms with E-state index in [4.69, 9.17) is 4.74 Å². The third-order valence-electron chi connectivity index (χ3n) is 5.07. The van der Waals surface area contributed by atoms with Gasteiger partial charge in [0.05, 0.1) is 0 Å². The van der Waals surface area contributed by atoms with Gasteiger partial charge in [0.2, 0.25) is 0 Å². The van der Waals surface area contributed by atoms with Crippen molar-refractivity contribution in [1.82, 2.24) is 10.3 Å². The second kappa shape index (κ2) is 9.13. The van der Waals surface area contributed by atoms with Gasteiger partial charge in [-0.05, 0) is 62.8 Å². The first-order valence-electron chi connectivity index (χ1n) is 9.74. The minimum absolute atomic E-state index is 0.0497. The molecule has 0 fully saturated rings. The molecule has 3 aromatic rings. The van der Waals surface area contributed by atoms with Gasteiger partial charge < -0.3 is 15.2 Å². The molecule has 2 aromatic carbocycles. The zero-order chi connectivity index (χ0) is 20.9.